The SMILES string of the molecule is CC(C)(CNCc1ccc(Cl)c(Br)c1)S(C)(=O)=O. The number of sulfone groups is 1. The Bertz CT molecular complexity index is 529. The molecule has 0 bridgehead atoms. The lowest BCUT2D eigenvalue weighted by molar-refractivity contribution is 0.521. The first-order valence-electron chi connectivity index (χ1n) is 5.48. The van der Waals surface area contributed by atoms with Crippen LogP contribution in [-0.2, 0) is 16.4 Å². The summed E-state index contributed by atoms with van der Waals surface area (Å²) in [6.07, 6.45) is 1.26. The van der Waals surface area contributed by atoms with E-state index in [1.54, 1.807) is 13.8 Å². The average molecular weight is 355 g/mol. The molecule has 0 saturated heterocycles. The van der Waals surface area contributed by atoms with Crippen LogP contribution in [0, 0.1) is 0 Å². The Morgan fingerprint density at radius 2 is 2.00 bits per heavy atom. The Hall–Kier alpha value is -0.100. The number of rotatable bonds is 5. The first kappa shape index (κ1) is 16.0. The van der Waals surface area contributed by atoms with Gasteiger partial charge in [0.1, 0.15) is 0 Å². The second-order valence-electron chi connectivity index (χ2n) is 4.88. The summed E-state index contributed by atoms with van der Waals surface area (Å²) in [7, 11) is -3.06. The minimum Gasteiger partial charge on any atom is -0.311 e. The maximum absolute atomic E-state index is 11.5. The largest absolute Gasteiger partial charge is 0.311 e. The molecule has 0 spiro atoms. The normalized spacial score (nSPS) is 12.7. The predicted molar refractivity (Wildman–Crippen MR) is 79.8 cm³/mol. The molecule has 0 fully saturated rings. The van der Waals surface area contributed by atoms with Crippen molar-refractivity contribution < 1.29 is 8.42 Å². The van der Waals surface area contributed by atoms with E-state index < -0.39 is 14.6 Å². The molecule has 1 aromatic rings. The van der Waals surface area contributed by atoms with Crippen molar-refractivity contribution >= 4 is 37.4 Å². The molecule has 0 saturated carbocycles. The van der Waals surface area contributed by atoms with E-state index in [9.17, 15) is 8.42 Å². The third kappa shape index (κ3) is 4.23. The minimum absolute atomic E-state index is 0.409. The second-order valence-corrected chi connectivity index (χ2v) is 8.79. The Labute approximate surface area is 122 Å². The van der Waals surface area contributed by atoms with E-state index >= 15 is 0 Å². The lowest BCUT2D eigenvalue weighted by Gasteiger charge is -2.22. The summed E-state index contributed by atoms with van der Waals surface area (Å²) in [5.41, 5.74) is 1.05. The van der Waals surface area contributed by atoms with Gasteiger partial charge in [-0.05, 0) is 47.5 Å². The van der Waals surface area contributed by atoms with Gasteiger partial charge >= 0.3 is 0 Å². The highest BCUT2D eigenvalue weighted by Gasteiger charge is 2.29. The highest BCUT2D eigenvalue weighted by atomic mass is 79.9. The molecule has 0 aliphatic heterocycles. The maximum atomic E-state index is 11.5. The lowest BCUT2D eigenvalue weighted by Crippen LogP contribution is -2.41. The number of nitrogens with one attached hydrogen (secondary N) is 1. The molecule has 1 N–H and O–H groups in total. The van der Waals surface area contributed by atoms with Crippen LogP contribution in [0.15, 0.2) is 22.7 Å². The molecule has 0 radical (unpaired) electrons. The summed E-state index contributed by atoms with van der Waals surface area (Å²) in [6, 6.07) is 5.64. The monoisotopic (exact) mass is 353 g/mol. The number of halogens is 2. The summed E-state index contributed by atoms with van der Waals surface area (Å²) in [6.45, 7) is 4.45. The van der Waals surface area contributed by atoms with Crippen LogP contribution in [0.2, 0.25) is 5.02 Å². The molecule has 102 valence electrons. The van der Waals surface area contributed by atoms with Crippen LogP contribution in [0.5, 0.6) is 0 Å². The van der Waals surface area contributed by atoms with Gasteiger partial charge in [0.25, 0.3) is 0 Å². The van der Waals surface area contributed by atoms with E-state index in [-0.39, 0.29) is 0 Å². The smallest absolute Gasteiger partial charge is 0.153 e. The topological polar surface area (TPSA) is 46.2 Å². The molecule has 0 atom stereocenters. The van der Waals surface area contributed by atoms with E-state index in [0.29, 0.717) is 18.1 Å². The average Bonchev–Trinajstić information content (AvgIpc) is 2.21. The summed E-state index contributed by atoms with van der Waals surface area (Å²) < 4.78 is 23.1. The molecule has 1 aromatic carbocycles. The Kier molecular flexibility index (Phi) is 5.23. The fourth-order valence-corrected chi connectivity index (χ4v) is 2.20. The van der Waals surface area contributed by atoms with Crippen LogP contribution >= 0.6 is 27.5 Å². The van der Waals surface area contributed by atoms with Gasteiger partial charge in [0.2, 0.25) is 0 Å². The molecule has 0 aliphatic carbocycles. The molecule has 0 heterocycles. The molecule has 0 unspecified atom stereocenters. The van der Waals surface area contributed by atoms with E-state index in [4.69, 9.17) is 11.6 Å². The van der Waals surface area contributed by atoms with Gasteiger partial charge < -0.3 is 5.32 Å². The van der Waals surface area contributed by atoms with Gasteiger partial charge in [0.15, 0.2) is 9.84 Å². The highest BCUT2D eigenvalue weighted by Crippen LogP contribution is 2.23. The van der Waals surface area contributed by atoms with Crippen LogP contribution in [0.25, 0.3) is 0 Å². The maximum Gasteiger partial charge on any atom is 0.153 e. The van der Waals surface area contributed by atoms with Crippen molar-refractivity contribution in [3.63, 3.8) is 0 Å². The lowest BCUT2D eigenvalue weighted by atomic mass is 10.2. The van der Waals surface area contributed by atoms with Crippen molar-refractivity contribution in [3.8, 4) is 0 Å². The van der Waals surface area contributed by atoms with Crippen LogP contribution < -0.4 is 5.32 Å². The van der Waals surface area contributed by atoms with Gasteiger partial charge in [-0.3, -0.25) is 0 Å². The van der Waals surface area contributed by atoms with Crippen LogP contribution in [0.4, 0.5) is 0 Å². The van der Waals surface area contributed by atoms with E-state index in [0.717, 1.165) is 10.0 Å². The summed E-state index contributed by atoms with van der Waals surface area (Å²) >= 11 is 9.25. The quantitative estimate of drug-likeness (QED) is 0.884. The van der Waals surface area contributed by atoms with Gasteiger partial charge in [0, 0.05) is 23.8 Å². The predicted octanol–water partition coefficient (Wildman–Crippen LogP) is 3.02. The van der Waals surface area contributed by atoms with Crippen LogP contribution in [0.1, 0.15) is 19.4 Å². The summed E-state index contributed by atoms with van der Waals surface area (Å²) in [5.74, 6) is 0. The molecule has 0 amide bonds. The fraction of sp³-hybridized carbons (Fsp3) is 0.500. The summed E-state index contributed by atoms with van der Waals surface area (Å²) in [5, 5.41) is 3.81. The van der Waals surface area contributed by atoms with Crippen LogP contribution in [0.3, 0.4) is 0 Å². The van der Waals surface area contributed by atoms with Gasteiger partial charge in [-0.1, -0.05) is 17.7 Å². The molecule has 3 nitrogen and oxygen atoms in total. The van der Waals surface area contributed by atoms with E-state index in [1.165, 1.54) is 6.26 Å². The number of benzene rings is 1. The Morgan fingerprint density at radius 1 is 1.39 bits per heavy atom. The molecular weight excluding hydrogens is 338 g/mol. The van der Waals surface area contributed by atoms with Crippen molar-refractivity contribution in [1.82, 2.24) is 5.32 Å². The number of hydrogen-bond donors (Lipinski definition) is 1. The third-order valence-electron chi connectivity index (χ3n) is 2.87. The molecule has 18 heavy (non-hydrogen) atoms. The summed E-state index contributed by atoms with van der Waals surface area (Å²) in [4.78, 5) is 0. The first-order valence-corrected chi connectivity index (χ1v) is 8.54. The van der Waals surface area contributed by atoms with Crippen molar-refractivity contribution in [2.75, 3.05) is 12.8 Å². The molecule has 0 aromatic heterocycles. The molecule has 6 heteroatoms. The minimum atomic E-state index is -3.06. The van der Waals surface area contributed by atoms with E-state index in [2.05, 4.69) is 21.2 Å². The molecule has 1 rings (SSSR count). The van der Waals surface area contributed by atoms with Crippen molar-refractivity contribution in [1.29, 1.82) is 0 Å². The molecule has 0 aliphatic rings. The molecular formula is C12H17BrClNO2S. The van der Waals surface area contributed by atoms with Gasteiger partial charge in [-0.2, -0.15) is 0 Å². The standard InChI is InChI=1S/C12H17BrClNO2S/c1-12(2,18(3,16)17)8-15-7-9-4-5-11(14)10(13)6-9/h4-6,15H,7-8H2,1-3H3. The number of hydrogen-bond acceptors (Lipinski definition) is 3. The fourth-order valence-electron chi connectivity index (χ4n) is 1.29. The van der Waals surface area contributed by atoms with Crippen LogP contribution in [-0.4, -0.2) is 26.0 Å². The Balaban J connectivity index is 2.60. The third-order valence-corrected chi connectivity index (χ3v) is 6.23. The van der Waals surface area contributed by atoms with Crippen molar-refractivity contribution in [2.45, 2.75) is 25.1 Å². The van der Waals surface area contributed by atoms with Crippen molar-refractivity contribution in [2.24, 2.45) is 0 Å². The zero-order valence-electron chi connectivity index (χ0n) is 10.6. The van der Waals surface area contributed by atoms with Gasteiger partial charge in [0.05, 0.1) is 9.77 Å². The Morgan fingerprint density at radius 3 is 2.50 bits per heavy atom. The van der Waals surface area contributed by atoms with Gasteiger partial charge in [-0.25, -0.2) is 8.42 Å². The second kappa shape index (κ2) is 5.90. The first-order chi connectivity index (χ1) is 8.13. The van der Waals surface area contributed by atoms with E-state index in [1.807, 2.05) is 18.2 Å². The van der Waals surface area contributed by atoms with Crippen molar-refractivity contribution in [3.05, 3.63) is 33.3 Å². The van der Waals surface area contributed by atoms with Gasteiger partial charge in [-0.15, -0.1) is 0 Å². The zero-order valence-corrected chi connectivity index (χ0v) is 13.8. The highest BCUT2D eigenvalue weighted by molar-refractivity contribution is 9.10. The zero-order chi connectivity index (χ0) is 14.0.